The first-order valence-electron chi connectivity index (χ1n) is 6.28. The van der Waals surface area contributed by atoms with Crippen LogP contribution in [0.25, 0.3) is 0 Å². The van der Waals surface area contributed by atoms with Gasteiger partial charge in [0.1, 0.15) is 11.6 Å². The van der Waals surface area contributed by atoms with Crippen molar-refractivity contribution < 1.29 is 13.6 Å². The zero-order chi connectivity index (χ0) is 14.7. The standard InChI is InChI=1S/C16H15F2NO/c1-11(14-5-3-4-6-15(14)18)19(2)16(20)12-7-9-13(17)10-8-12/h3-11H,1-2H3. The Kier molecular flexibility index (Phi) is 4.13. The highest BCUT2D eigenvalue weighted by atomic mass is 19.1. The summed E-state index contributed by atoms with van der Waals surface area (Å²) in [7, 11) is 1.60. The van der Waals surface area contributed by atoms with Crippen LogP contribution in [-0.2, 0) is 0 Å². The fraction of sp³-hybridized carbons (Fsp3) is 0.188. The van der Waals surface area contributed by atoms with E-state index >= 15 is 0 Å². The van der Waals surface area contributed by atoms with Crippen molar-refractivity contribution in [1.29, 1.82) is 0 Å². The average Bonchev–Trinajstić information content (AvgIpc) is 2.46. The first kappa shape index (κ1) is 14.2. The van der Waals surface area contributed by atoms with Crippen molar-refractivity contribution >= 4 is 5.91 Å². The number of nitrogens with zero attached hydrogens (tertiary/aromatic N) is 1. The zero-order valence-electron chi connectivity index (χ0n) is 11.3. The van der Waals surface area contributed by atoms with E-state index in [9.17, 15) is 13.6 Å². The predicted octanol–water partition coefficient (Wildman–Crippen LogP) is 3.80. The molecule has 0 aliphatic rings. The summed E-state index contributed by atoms with van der Waals surface area (Å²) in [4.78, 5) is 13.7. The molecule has 0 heterocycles. The summed E-state index contributed by atoms with van der Waals surface area (Å²) in [6.45, 7) is 1.75. The molecule has 0 saturated heterocycles. The number of benzene rings is 2. The van der Waals surface area contributed by atoms with Crippen LogP contribution in [0.15, 0.2) is 48.5 Å². The van der Waals surface area contributed by atoms with Crippen molar-refractivity contribution in [3.05, 3.63) is 71.3 Å². The van der Waals surface area contributed by atoms with E-state index in [0.717, 1.165) is 0 Å². The summed E-state index contributed by atoms with van der Waals surface area (Å²) in [6, 6.07) is 11.2. The Balaban J connectivity index is 2.22. The van der Waals surface area contributed by atoms with Gasteiger partial charge in [-0.05, 0) is 37.3 Å². The number of amides is 1. The first-order chi connectivity index (χ1) is 9.50. The lowest BCUT2D eigenvalue weighted by Gasteiger charge is -2.25. The minimum absolute atomic E-state index is 0.277. The van der Waals surface area contributed by atoms with Gasteiger partial charge in [0.2, 0.25) is 0 Å². The van der Waals surface area contributed by atoms with E-state index in [-0.39, 0.29) is 11.7 Å². The molecule has 2 rings (SSSR count). The molecule has 0 spiro atoms. The molecule has 2 aromatic carbocycles. The molecule has 0 N–H and O–H groups in total. The Bertz CT molecular complexity index is 610. The van der Waals surface area contributed by atoms with E-state index in [2.05, 4.69) is 0 Å². The van der Waals surface area contributed by atoms with Gasteiger partial charge in [0.15, 0.2) is 0 Å². The number of halogens is 2. The third-order valence-corrected chi connectivity index (χ3v) is 3.35. The van der Waals surface area contributed by atoms with E-state index in [0.29, 0.717) is 11.1 Å². The molecular weight excluding hydrogens is 260 g/mol. The van der Waals surface area contributed by atoms with E-state index in [1.807, 2.05) is 0 Å². The second-order valence-electron chi connectivity index (χ2n) is 4.62. The molecule has 1 unspecified atom stereocenters. The molecule has 2 aromatic rings. The summed E-state index contributed by atoms with van der Waals surface area (Å²) in [5, 5.41) is 0. The Morgan fingerprint density at radius 1 is 1.05 bits per heavy atom. The van der Waals surface area contributed by atoms with Crippen LogP contribution in [0.3, 0.4) is 0 Å². The molecule has 0 bridgehead atoms. The summed E-state index contributed by atoms with van der Waals surface area (Å²) in [6.07, 6.45) is 0. The molecule has 1 amide bonds. The van der Waals surface area contributed by atoms with Crippen LogP contribution in [0.1, 0.15) is 28.9 Å². The SMILES string of the molecule is CC(c1ccccc1F)N(C)C(=O)c1ccc(F)cc1. The number of carbonyl (C=O) groups excluding carboxylic acids is 1. The van der Waals surface area contributed by atoms with Gasteiger partial charge in [-0.3, -0.25) is 4.79 Å². The maximum Gasteiger partial charge on any atom is 0.254 e. The van der Waals surface area contributed by atoms with Gasteiger partial charge in [-0.1, -0.05) is 18.2 Å². The minimum Gasteiger partial charge on any atom is -0.335 e. The van der Waals surface area contributed by atoms with Gasteiger partial charge in [-0.25, -0.2) is 8.78 Å². The molecule has 0 aliphatic heterocycles. The summed E-state index contributed by atoms with van der Waals surface area (Å²) < 4.78 is 26.6. The van der Waals surface area contributed by atoms with Crippen LogP contribution in [0.2, 0.25) is 0 Å². The lowest BCUT2D eigenvalue weighted by Crippen LogP contribution is -2.30. The Hall–Kier alpha value is -2.23. The maximum absolute atomic E-state index is 13.7. The van der Waals surface area contributed by atoms with Gasteiger partial charge in [-0.15, -0.1) is 0 Å². The third-order valence-electron chi connectivity index (χ3n) is 3.35. The van der Waals surface area contributed by atoms with Gasteiger partial charge in [0.25, 0.3) is 5.91 Å². The number of carbonyl (C=O) groups is 1. The summed E-state index contributed by atoms with van der Waals surface area (Å²) in [5.74, 6) is -1.02. The predicted molar refractivity (Wildman–Crippen MR) is 73.3 cm³/mol. The van der Waals surface area contributed by atoms with Crippen LogP contribution in [0, 0.1) is 11.6 Å². The molecular formula is C16H15F2NO. The Morgan fingerprint density at radius 3 is 2.25 bits per heavy atom. The molecule has 0 aliphatic carbocycles. The average molecular weight is 275 g/mol. The van der Waals surface area contributed by atoms with Crippen molar-refractivity contribution in [3.63, 3.8) is 0 Å². The van der Waals surface area contributed by atoms with Crippen molar-refractivity contribution in [2.45, 2.75) is 13.0 Å². The number of hydrogen-bond donors (Lipinski definition) is 0. The molecule has 0 aromatic heterocycles. The number of rotatable bonds is 3. The molecule has 1 atom stereocenters. The third kappa shape index (κ3) is 2.85. The van der Waals surface area contributed by atoms with Crippen LogP contribution < -0.4 is 0 Å². The molecule has 104 valence electrons. The highest BCUT2D eigenvalue weighted by Crippen LogP contribution is 2.23. The van der Waals surface area contributed by atoms with Crippen LogP contribution in [0.4, 0.5) is 8.78 Å². The van der Waals surface area contributed by atoms with Gasteiger partial charge in [0.05, 0.1) is 6.04 Å². The lowest BCUT2D eigenvalue weighted by atomic mass is 10.1. The molecule has 0 saturated carbocycles. The first-order valence-corrected chi connectivity index (χ1v) is 6.28. The van der Waals surface area contributed by atoms with Crippen molar-refractivity contribution in [1.82, 2.24) is 4.90 Å². The van der Waals surface area contributed by atoms with E-state index in [1.165, 1.54) is 35.2 Å². The smallest absolute Gasteiger partial charge is 0.254 e. The Labute approximate surface area is 116 Å². The molecule has 4 heteroatoms. The van der Waals surface area contributed by atoms with E-state index in [4.69, 9.17) is 0 Å². The van der Waals surface area contributed by atoms with Gasteiger partial charge in [0, 0.05) is 18.2 Å². The highest BCUT2D eigenvalue weighted by Gasteiger charge is 2.20. The quantitative estimate of drug-likeness (QED) is 0.834. The number of hydrogen-bond acceptors (Lipinski definition) is 1. The monoisotopic (exact) mass is 275 g/mol. The fourth-order valence-electron chi connectivity index (χ4n) is 1.99. The largest absolute Gasteiger partial charge is 0.335 e. The fourth-order valence-corrected chi connectivity index (χ4v) is 1.99. The van der Waals surface area contributed by atoms with Crippen LogP contribution in [-0.4, -0.2) is 17.9 Å². The lowest BCUT2D eigenvalue weighted by molar-refractivity contribution is 0.0740. The zero-order valence-corrected chi connectivity index (χ0v) is 11.3. The molecule has 2 nitrogen and oxygen atoms in total. The Morgan fingerprint density at radius 2 is 1.65 bits per heavy atom. The molecule has 0 radical (unpaired) electrons. The van der Waals surface area contributed by atoms with Crippen molar-refractivity contribution in [3.8, 4) is 0 Å². The van der Waals surface area contributed by atoms with Gasteiger partial charge < -0.3 is 4.90 Å². The van der Waals surface area contributed by atoms with Crippen LogP contribution >= 0.6 is 0 Å². The minimum atomic E-state index is -0.409. The second kappa shape index (κ2) is 5.82. The van der Waals surface area contributed by atoms with Gasteiger partial charge >= 0.3 is 0 Å². The topological polar surface area (TPSA) is 20.3 Å². The van der Waals surface area contributed by atoms with Crippen molar-refractivity contribution in [2.75, 3.05) is 7.05 Å². The normalized spacial score (nSPS) is 12.0. The van der Waals surface area contributed by atoms with Gasteiger partial charge in [-0.2, -0.15) is 0 Å². The van der Waals surface area contributed by atoms with E-state index in [1.54, 1.807) is 32.2 Å². The van der Waals surface area contributed by atoms with Crippen LogP contribution in [0.5, 0.6) is 0 Å². The molecule has 20 heavy (non-hydrogen) atoms. The maximum atomic E-state index is 13.7. The summed E-state index contributed by atoms with van der Waals surface area (Å²) in [5.41, 5.74) is 0.822. The van der Waals surface area contributed by atoms with Crippen molar-refractivity contribution in [2.24, 2.45) is 0 Å². The summed E-state index contributed by atoms with van der Waals surface area (Å²) >= 11 is 0. The second-order valence-corrected chi connectivity index (χ2v) is 4.62. The molecule has 0 fully saturated rings. The van der Waals surface area contributed by atoms with E-state index < -0.39 is 11.9 Å². The highest BCUT2D eigenvalue weighted by molar-refractivity contribution is 5.94.